The molecule has 29 heavy (non-hydrogen) atoms. The zero-order valence-electron chi connectivity index (χ0n) is 16.3. The molecule has 2 heterocycles. The molecule has 1 aliphatic rings. The van der Waals surface area contributed by atoms with Gasteiger partial charge in [-0.05, 0) is 50.5 Å². The minimum Gasteiger partial charge on any atom is -0.451 e. The van der Waals surface area contributed by atoms with Gasteiger partial charge in [0.1, 0.15) is 5.58 Å². The Hall–Kier alpha value is -3.41. The summed E-state index contributed by atoms with van der Waals surface area (Å²) in [6.07, 6.45) is 2.89. The fourth-order valence-electron chi connectivity index (χ4n) is 3.55. The van der Waals surface area contributed by atoms with Crippen molar-refractivity contribution in [2.24, 2.45) is 0 Å². The average Bonchev–Trinajstić information content (AvgIpc) is 2.75. The Morgan fingerprint density at radius 3 is 2.38 bits per heavy atom. The minimum absolute atomic E-state index is 0.153. The van der Waals surface area contributed by atoms with Crippen LogP contribution in [0.5, 0.6) is 0 Å². The molecule has 0 unspecified atom stereocenters. The van der Waals surface area contributed by atoms with Gasteiger partial charge in [-0.1, -0.05) is 29.8 Å². The number of aryl methyl sites for hydroxylation is 1. The second kappa shape index (κ2) is 7.91. The number of fused-ring (bicyclic) bond motifs is 1. The normalized spacial score (nSPS) is 14.0. The third-order valence-electron chi connectivity index (χ3n) is 5.16. The van der Waals surface area contributed by atoms with E-state index in [2.05, 4.69) is 0 Å². The number of hydrogen-bond acceptors (Lipinski definition) is 4. The van der Waals surface area contributed by atoms with Crippen LogP contribution in [-0.4, -0.2) is 29.9 Å². The standard InChI is InChI=1S/C23H22N2O4/c1-16-9-11-17(12-10-16)25(23(28)24-13-5-2-6-14-24)22(27)21-15-19(26)18-7-3-4-8-20(18)29-21/h3-4,7-12,15H,2,5-6,13-14H2,1H3. The van der Waals surface area contributed by atoms with Crippen LogP contribution in [0.15, 0.2) is 63.8 Å². The first-order valence-electron chi connectivity index (χ1n) is 9.77. The lowest BCUT2D eigenvalue weighted by atomic mass is 10.1. The fraction of sp³-hybridized carbons (Fsp3) is 0.261. The van der Waals surface area contributed by atoms with Crippen molar-refractivity contribution in [3.8, 4) is 0 Å². The van der Waals surface area contributed by atoms with Crippen molar-refractivity contribution in [3.63, 3.8) is 0 Å². The van der Waals surface area contributed by atoms with Crippen LogP contribution in [0.1, 0.15) is 35.4 Å². The molecule has 0 aliphatic carbocycles. The molecular formula is C23H22N2O4. The molecule has 3 amide bonds. The van der Waals surface area contributed by atoms with Crippen molar-refractivity contribution in [2.75, 3.05) is 18.0 Å². The quantitative estimate of drug-likeness (QED) is 0.652. The van der Waals surface area contributed by atoms with E-state index < -0.39 is 11.9 Å². The molecular weight excluding hydrogens is 368 g/mol. The lowest BCUT2D eigenvalue weighted by Crippen LogP contribution is -2.48. The highest BCUT2D eigenvalue weighted by Gasteiger charge is 2.31. The van der Waals surface area contributed by atoms with Crippen LogP contribution in [0.4, 0.5) is 10.5 Å². The van der Waals surface area contributed by atoms with Crippen LogP contribution in [0.25, 0.3) is 11.0 Å². The first kappa shape index (κ1) is 18.9. The first-order chi connectivity index (χ1) is 14.0. The topological polar surface area (TPSA) is 70.8 Å². The molecule has 1 fully saturated rings. The molecule has 6 heteroatoms. The van der Waals surface area contributed by atoms with Crippen LogP contribution in [0.2, 0.25) is 0 Å². The van der Waals surface area contributed by atoms with Crippen molar-refractivity contribution in [2.45, 2.75) is 26.2 Å². The SMILES string of the molecule is Cc1ccc(N(C(=O)c2cc(=O)c3ccccc3o2)C(=O)N2CCCCC2)cc1. The van der Waals surface area contributed by atoms with Gasteiger partial charge >= 0.3 is 11.9 Å². The van der Waals surface area contributed by atoms with Crippen molar-refractivity contribution < 1.29 is 14.0 Å². The summed E-state index contributed by atoms with van der Waals surface area (Å²) < 4.78 is 5.71. The van der Waals surface area contributed by atoms with Crippen LogP contribution in [0.3, 0.4) is 0 Å². The molecule has 0 spiro atoms. The van der Waals surface area contributed by atoms with E-state index in [4.69, 9.17) is 4.42 Å². The third kappa shape index (κ3) is 3.78. The van der Waals surface area contributed by atoms with Gasteiger partial charge in [0.15, 0.2) is 11.2 Å². The molecule has 0 radical (unpaired) electrons. The van der Waals surface area contributed by atoms with Gasteiger partial charge in [0.25, 0.3) is 0 Å². The van der Waals surface area contributed by atoms with E-state index in [0.29, 0.717) is 29.7 Å². The summed E-state index contributed by atoms with van der Waals surface area (Å²) in [5, 5.41) is 0.397. The lowest BCUT2D eigenvalue weighted by molar-refractivity contribution is 0.0957. The highest BCUT2D eigenvalue weighted by molar-refractivity contribution is 6.19. The number of urea groups is 1. The number of anilines is 1. The summed E-state index contributed by atoms with van der Waals surface area (Å²) in [5.41, 5.74) is 1.47. The number of para-hydroxylation sites is 1. The van der Waals surface area contributed by atoms with Gasteiger partial charge in [-0.25, -0.2) is 9.69 Å². The van der Waals surface area contributed by atoms with E-state index >= 15 is 0 Å². The van der Waals surface area contributed by atoms with Crippen molar-refractivity contribution in [1.82, 2.24) is 4.90 Å². The van der Waals surface area contributed by atoms with Crippen LogP contribution in [0, 0.1) is 6.92 Å². The van der Waals surface area contributed by atoms with Gasteiger partial charge < -0.3 is 9.32 Å². The van der Waals surface area contributed by atoms with Gasteiger partial charge in [0.05, 0.1) is 11.1 Å². The number of piperidine rings is 1. The van der Waals surface area contributed by atoms with Crippen LogP contribution >= 0.6 is 0 Å². The summed E-state index contributed by atoms with van der Waals surface area (Å²) in [6, 6.07) is 14.7. The highest BCUT2D eigenvalue weighted by Crippen LogP contribution is 2.23. The summed E-state index contributed by atoms with van der Waals surface area (Å²) in [6.45, 7) is 3.15. The van der Waals surface area contributed by atoms with Crippen molar-refractivity contribution in [3.05, 3.63) is 76.1 Å². The number of rotatable bonds is 2. The molecule has 0 N–H and O–H groups in total. The van der Waals surface area contributed by atoms with E-state index in [1.807, 2.05) is 19.1 Å². The molecule has 0 saturated carbocycles. The molecule has 4 rings (SSSR count). The number of likely N-dealkylation sites (tertiary alicyclic amines) is 1. The van der Waals surface area contributed by atoms with Gasteiger partial charge in [-0.15, -0.1) is 0 Å². The zero-order valence-corrected chi connectivity index (χ0v) is 16.3. The molecule has 0 atom stereocenters. The summed E-state index contributed by atoms with van der Waals surface area (Å²) in [5.74, 6) is -0.799. The molecule has 0 bridgehead atoms. The Morgan fingerprint density at radius 2 is 1.66 bits per heavy atom. The Labute approximate surface area is 168 Å². The van der Waals surface area contributed by atoms with E-state index in [1.54, 1.807) is 41.3 Å². The number of benzene rings is 2. The molecule has 148 valence electrons. The molecule has 1 saturated heterocycles. The van der Waals surface area contributed by atoms with E-state index in [-0.39, 0.29) is 11.2 Å². The number of carbonyl (C=O) groups is 2. The predicted octanol–water partition coefficient (Wildman–Crippen LogP) is 4.35. The minimum atomic E-state index is -0.646. The zero-order chi connectivity index (χ0) is 20.4. The van der Waals surface area contributed by atoms with E-state index in [0.717, 1.165) is 35.8 Å². The summed E-state index contributed by atoms with van der Waals surface area (Å²) in [7, 11) is 0. The molecule has 2 aromatic carbocycles. The van der Waals surface area contributed by atoms with Crippen LogP contribution < -0.4 is 10.3 Å². The fourth-order valence-corrected chi connectivity index (χ4v) is 3.55. The highest BCUT2D eigenvalue weighted by atomic mass is 16.3. The molecule has 1 aromatic heterocycles. The van der Waals surface area contributed by atoms with Gasteiger partial charge in [0.2, 0.25) is 0 Å². The summed E-state index contributed by atoms with van der Waals surface area (Å²) in [4.78, 5) is 41.9. The monoisotopic (exact) mass is 390 g/mol. The third-order valence-corrected chi connectivity index (χ3v) is 5.16. The van der Waals surface area contributed by atoms with Gasteiger partial charge in [-0.3, -0.25) is 9.59 Å². The maximum Gasteiger partial charge on any atom is 0.331 e. The summed E-state index contributed by atoms with van der Waals surface area (Å²) >= 11 is 0. The largest absolute Gasteiger partial charge is 0.451 e. The smallest absolute Gasteiger partial charge is 0.331 e. The number of amides is 3. The van der Waals surface area contributed by atoms with Crippen LogP contribution in [-0.2, 0) is 0 Å². The van der Waals surface area contributed by atoms with Gasteiger partial charge in [0, 0.05) is 19.2 Å². The van der Waals surface area contributed by atoms with Crippen molar-refractivity contribution >= 4 is 28.6 Å². The maximum absolute atomic E-state index is 13.4. The number of hydrogen-bond donors (Lipinski definition) is 0. The second-order valence-corrected chi connectivity index (χ2v) is 7.28. The number of carbonyl (C=O) groups excluding carboxylic acids is 2. The second-order valence-electron chi connectivity index (χ2n) is 7.28. The van der Waals surface area contributed by atoms with E-state index in [9.17, 15) is 14.4 Å². The maximum atomic E-state index is 13.4. The molecule has 1 aliphatic heterocycles. The Kier molecular flexibility index (Phi) is 5.16. The lowest BCUT2D eigenvalue weighted by Gasteiger charge is -2.31. The average molecular weight is 390 g/mol. The van der Waals surface area contributed by atoms with E-state index in [1.165, 1.54) is 0 Å². The van der Waals surface area contributed by atoms with Gasteiger partial charge in [-0.2, -0.15) is 0 Å². The number of imide groups is 1. The Morgan fingerprint density at radius 1 is 0.966 bits per heavy atom. The Bertz CT molecular complexity index is 1110. The predicted molar refractivity (Wildman–Crippen MR) is 111 cm³/mol. The first-order valence-corrected chi connectivity index (χ1v) is 9.77. The van der Waals surface area contributed by atoms with Crippen molar-refractivity contribution in [1.29, 1.82) is 0 Å². The molecule has 3 aromatic rings. The Balaban J connectivity index is 1.77. The number of nitrogens with zero attached hydrogens (tertiary/aromatic N) is 2. The molecule has 6 nitrogen and oxygen atoms in total.